The highest BCUT2D eigenvalue weighted by molar-refractivity contribution is 7.99. The van der Waals surface area contributed by atoms with Gasteiger partial charge >= 0.3 is 0 Å². The molecule has 0 bridgehead atoms. The number of nitrogens with zero attached hydrogens (tertiary/aromatic N) is 1. The van der Waals surface area contributed by atoms with E-state index in [0.717, 1.165) is 16.9 Å². The van der Waals surface area contributed by atoms with Gasteiger partial charge in [0.25, 0.3) is 0 Å². The molecule has 5 nitrogen and oxygen atoms in total. The van der Waals surface area contributed by atoms with E-state index in [-0.39, 0.29) is 17.4 Å². The average molecular weight is 477 g/mol. The van der Waals surface area contributed by atoms with Crippen LogP contribution in [0.3, 0.4) is 0 Å². The van der Waals surface area contributed by atoms with E-state index in [2.05, 4.69) is 5.32 Å². The van der Waals surface area contributed by atoms with E-state index in [1.165, 1.54) is 11.8 Å². The Bertz CT molecular complexity index is 880. The van der Waals surface area contributed by atoms with Crippen molar-refractivity contribution < 1.29 is 14.3 Å². The summed E-state index contributed by atoms with van der Waals surface area (Å²) in [6.07, 6.45) is 0.532. The van der Waals surface area contributed by atoms with Gasteiger partial charge in [-0.3, -0.25) is 9.59 Å². The predicted molar refractivity (Wildman–Crippen MR) is 133 cm³/mol. The van der Waals surface area contributed by atoms with Crippen LogP contribution in [0.2, 0.25) is 5.02 Å². The van der Waals surface area contributed by atoms with Crippen LogP contribution in [-0.4, -0.2) is 41.2 Å². The molecule has 0 aliphatic rings. The van der Waals surface area contributed by atoms with Crippen LogP contribution in [0.15, 0.2) is 48.5 Å². The maximum absolute atomic E-state index is 13.3. The Morgan fingerprint density at radius 2 is 1.66 bits per heavy atom. The number of carbonyl (C=O) groups excluding carboxylic acids is 2. The summed E-state index contributed by atoms with van der Waals surface area (Å²) in [5.41, 5.74) is 1.68. The van der Waals surface area contributed by atoms with Gasteiger partial charge in [0.15, 0.2) is 0 Å². The number of methoxy groups -OCH3 is 1. The fourth-order valence-corrected chi connectivity index (χ4v) is 4.22. The van der Waals surface area contributed by atoms with Crippen molar-refractivity contribution in [3.8, 4) is 5.75 Å². The van der Waals surface area contributed by atoms with Crippen molar-refractivity contribution in [2.24, 2.45) is 0 Å². The molecule has 0 saturated carbocycles. The highest BCUT2D eigenvalue weighted by Crippen LogP contribution is 2.20. The molecular formula is C25H33ClN2O3S. The van der Waals surface area contributed by atoms with Crippen LogP contribution in [0.1, 0.15) is 45.2 Å². The minimum atomic E-state index is -0.543. The zero-order chi connectivity index (χ0) is 23.7. The van der Waals surface area contributed by atoms with Gasteiger partial charge < -0.3 is 15.0 Å². The van der Waals surface area contributed by atoms with Gasteiger partial charge in [-0.05, 0) is 62.6 Å². The third-order valence-corrected chi connectivity index (χ3v) is 6.04. The molecule has 0 fully saturated rings. The number of carbonyl (C=O) groups is 2. The molecule has 2 aromatic rings. The first-order valence-corrected chi connectivity index (χ1v) is 12.2. The molecule has 0 aromatic heterocycles. The van der Waals surface area contributed by atoms with Crippen LogP contribution in [-0.2, 0) is 21.9 Å². The Morgan fingerprint density at radius 1 is 1.06 bits per heavy atom. The van der Waals surface area contributed by atoms with Crippen LogP contribution in [0.25, 0.3) is 0 Å². The van der Waals surface area contributed by atoms with E-state index < -0.39 is 6.04 Å². The standard InChI is InChI=1S/C25H33ClN2O3S/c1-6-22(24(30)27-25(2,3)4)28(15-18-7-11-20(26)12-8-18)23(29)17-32-16-19-9-13-21(31-5)14-10-19/h7-14,22H,6,15-17H2,1-5H3,(H,27,30)/t22-/m0/s1. The summed E-state index contributed by atoms with van der Waals surface area (Å²) in [6.45, 7) is 8.10. The number of rotatable bonds is 10. The van der Waals surface area contributed by atoms with E-state index in [9.17, 15) is 9.59 Å². The van der Waals surface area contributed by atoms with Gasteiger partial charge in [0.2, 0.25) is 11.8 Å². The highest BCUT2D eigenvalue weighted by Gasteiger charge is 2.30. The average Bonchev–Trinajstić information content (AvgIpc) is 2.74. The number of benzene rings is 2. The predicted octanol–water partition coefficient (Wildman–Crippen LogP) is 5.30. The molecule has 0 heterocycles. The summed E-state index contributed by atoms with van der Waals surface area (Å²) < 4.78 is 5.19. The maximum Gasteiger partial charge on any atom is 0.243 e. The molecule has 0 spiro atoms. The molecule has 7 heteroatoms. The lowest BCUT2D eigenvalue weighted by atomic mass is 10.1. The number of amides is 2. The second-order valence-corrected chi connectivity index (χ2v) is 10.1. The molecular weight excluding hydrogens is 444 g/mol. The van der Waals surface area contributed by atoms with Crippen LogP contribution in [0.5, 0.6) is 5.75 Å². The summed E-state index contributed by atoms with van der Waals surface area (Å²) in [5.74, 6) is 1.60. The van der Waals surface area contributed by atoms with E-state index >= 15 is 0 Å². The van der Waals surface area contributed by atoms with E-state index in [1.54, 1.807) is 24.1 Å². The molecule has 1 atom stereocenters. The number of halogens is 1. The Kier molecular flexibility index (Phi) is 9.91. The topological polar surface area (TPSA) is 58.6 Å². The molecule has 2 amide bonds. The second-order valence-electron chi connectivity index (χ2n) is 8.65. The smallest absolute Gasteiger partial charge is 0.243 e. The number of thioether (sulfide) groups is 1. The molecule has 0 radical (unpaired) electrons. The first-order chi connectivity index (χ1) is 15.1. The van der Waals surface area contributed by atoms with Gasteiger partial charge in [-0.15, -0.1) is 11.8 Å². The highest BCUT2D eigenvalue weighted by atomic mass is 35.5. The third-order valence-electron chi connectivity index (χ3n) is 4.80. The number of hydrogen-bond acceptors (Lipinski definition) is 4. The number of hydrogen-bond donors (Lipinski definition) is 1. The summed E-state index contributed by atoms with van der Waals surface area (Å²) in [6, 6.07) is 14.6. The van der Waals surface area contributed by atoms with Gasteiger partial charge in [0, 0.05) is 22.9 Å². The lowest BCUT2D eigenvalue weighted by Gasteiger charge is -2.33. The molecule has 0 saturated heterocycles. The number of nitrogens with one attached hydrogen (secondary N) is 1. The van der Waals surface area contributed by atoms with Crippen molar-refractivity contribution in [1.29, 1.82) is 0 Å². The normalized spacial score (nSPS) is 12.2. The Hall–Kier alpha value is -2.18. The minimum absolute atomic E-state index is 0.0608. The molecule has 1 N–H and O–H groups in total. The fourth-order valence-electron chi connectivity index (χ4n) is 3.22. The maximum atomic E-state index is 13.3. The first-order valence-electron chi connectivity index (χ1n) is 10.7. The first kappa shape index (κ1) is 26.1. The molecule has 32 heavy (non-hydrogen) atoms. The van der Waals surface area contributed by atoms with Crippen molar-refractivity contribution >= 4 is 35.2 Å². The SMILES string of the molecule is CC[C@@H](C(=O)NC(C)(C)C)N(Cc1ccc(Cl)cc1)C(=O)CSCc1ccc(OC)cc1. The molecule has 0 unspecified atom stereocenters. The van der Waals surface area contributed by atoms with Gasteiger partial charge in [0.1, 0.15) is 11.8 Å². The second kappa shape index (κ2) is 12.2. The van der Waals surface area contributed by atoms with Gasteiger partial charge in [-0.25, -0.2) is 0 Å². The van der Waals surface area contributed by atoms with Crippen molar-refractivity contribution in [3.05, 3.63) is 64.7 Å². The van der Waals surface area contributed by atoms with E-state index in [1.807, 2.05) is 64.1 Å². The molecule has 0 aliphatic heterocycles. The largest absolute Gasteiger partial charge is 0.497 e. The summed E-state index contributed by atoms with van der Waals surface area (Å²) in [5, 5.41) is 3.66. The van der Waals surface area contributed by atoms with Crippen molar-refractivity contribution in [3.63, 3.8) is 0 Å². The monoisotopic (exact) mass is 476 g/mol. The Labute approximate surface area is 200 Å². The minimum Gasteiger partial charge on any atom is -0.497 e. The van der Waals surface area contributed by atoms with Gasteiger partial charge in [-0.2, -0.15) is 0 Å². The van der Waals surface area contributed by atoms with Crippen LogP contribution in [0, 0.1) is 0 Å². The lowest BCUT2D eigenvalue weighted by molar-refractivity contribution is -0.140. The van der Waals surface area contributed by atoms with Crippen LogP contribution >= 0.6 is 23.4 Å². The quantitative estimate of drug-likeness (QED) is 0.505. The van der Waals surface area contributed by atoms with Gasteiger partial charge in [-0.1, -0.05) is 42.8 Å². The zero-order valence-electron chi connectivity index (χ0n) is 19.5. The van der Waals surface area contributed by atoms with E-state index in [0.29, 0.717) is 29.5 Å². The van der Waals surface area contributed by atoms with E-state index in [4.69, 9.17) is 16.3 Å². The fraction of sp³-hybridized carbons (Fsp3) is 0.440. The van der Waals surface area contributed by atoms with Crippen molar-refractivity contribution in [2.75, 3.05) is 12.9 Å². The Morgan fingerprint density at radius 3 is 2.19 bits per heavy atom. The number of ether oxygens (including phenoxy) is 1. The van der Waals surface area contributed by atoms with Gasteiger partial charge in [0.05, 0.1) is 12.9 Å². The Balaban J connectivity index is 2.12. The summed E-state index contributed by atoms with van der Waals surface area (Å²) in [4.78, 5) is 27.9. The summed E-state index contributed by atoms with van der Waals surface area (Å²) in [7, 11) is 1.64. The van der Waals surface area contributed by atoms with Crippen molar-refractivity contribution in [2.45, 2.75) is 58.0 Å². The zero-order valence-corrected chi connectivity index (χ0v) is 21.1. The van der Waals surface area contributed by atoms with Crippen LogP contribution < -0.4 is 10.1 Å². The summed E-state index contributed by atoms with van der Waals surface area (Å²) >= 11 is 7.55. The van der Waals surface area contributed by atoms with Crippen molar-refractivity contribution in [1.82, 2.24) is 10.2 Å². The molecule has 0 aliphatic carbocycles. The molecule has 2 rings (SSSR count). The van der Waals surface area contributed by atoms with Crippen LogP contribution in [0.4, 0.5) is 0 Å². The molecule has 2 aromatic carbocycles. The third kappa shape index (κ3) is 8.40. The molecule has 174 valence electrons. The lowest BCUT2D eigenvalue weighted by Crippen LogP contribution is -2.53.